The number of hydrogen-bond donors (Lipinski definition) is 2. The van der Waals surface area contributed by atoms with Crippen LogP contribution in [-0.2, 0) is 6.42 Å². The van der Waals surface area contributed by atoms with Crippen molar-refractivity contribution < 1.29 is 4.79 Å². The van der Waals surface area contributed by atoms with Crippen molar-refractivity contribution in [3.05, 3.63) is 71.4 Å². The second-order valence-electron chi connectivity index (χ2n) is 7.50. The summed E-state index contributed by atoms with van der Waals surface area (Å²) in [5, 5.41) is 4.27. The quantitative estimate of drug-likeness (QED) is 0.724. The van der Waals surface area contributed by atoms with Crippen molar-refractivity contribution in [2.24, 2.45) is 0 Å². The van der Waals surface area contributed by atoms with Gasteiger partial charge in [0.15, 0.2) is 0 Å². The third-order valence-corrected chi connectivity index (χ3v) is 5.60. The van der Waals surface area contributed by atoms with E-state index in [4.69, 9.17) is 0 Å². The van der Waals surface area contributed by atoms with Gasteiger partial charge in [0.25, 0.3) is 5.91 Å². The summed E-state index contributed by atoms with van der Waals surface area (Å²) in [6, 6.07) is 18.9. The lowest BCUT2D eigenvalue weighted by Crippen LogP contribution is -2.45. The molecule has 1 fully saturated rings. The third-order valence-electron chi connectivity index (χ3n) is 5.60. The van der Waals surface area contributed by atoms with Crippen molar-refractivity contribution in [2.45, 2.75) is 32.2 Å². The van der Waals surface area contributed by atoms with Crippen molar-refractivity contribution >= 4 is 16.8 Å². The second kappa shape index (κ2) is 7.97. The molecule has 0 bridgehead atoms. The Morgan fingerprint density at radius 1 is 1.07 bits per heavy atom. The molecule has 0 atom stereocenters. The minimum atomic E-state index is 0.0488. The molecule has 140 valence electrons. The predicted molar refractivity (Wildman–Crippen MR) is 110 cm³/mol. The molecule has 4 heteroatoms. The van der Waals surface area contributed by atoms with E-state index in [2.05, 4.69) is 45.5 Å². The van der Waals surface area contributed by atoms with Gasteiger partial charge >= 0.3 is 0 Å². The summed E-state index contributed by atoms with van der Waals surface area (Å²) in [7, 11) is 0. The smallest absolute Gasteiger partial charge is 0.253 e. The number of carbonyl (C=O) groups excluding carboxylic acids is 1. The maximum absolute atomic E-state index is 12.9. The summed E-state index contributed by atoms with van der Waals surface area (Å²) in [6.07, 6.45) is 3.12. The Kier molecular flexibility index (Phi) is 5.26. The lowest BCUT2D eigenvalue weighted by atomic mass is 10.0. The fraction of sp³-hybridized carbons (Fsp3) is 0.348. The zero-order valence-corrected chi connectivity index (χ0v) is 15.9. The Morgan fingerprint density at radius 2 is 1.78 bits per heavy atom. The first-order valence-corrected chi connectivity index (χ1v) is 9.85. The molecule has 2 N–H and O–H groups in total. The maximum atomic E-state index is 12.9. The van der Waals surface area contributed by atoms with Crippen LogP contribution < -0.4 is 5.32 Å². The summed E-state index contributed by atoms with van der Waals surface area (Å²) >= 11 is 0. The number of likely N-dealkylation sites (tertiary alicyclic amines) is 1. The number of nitrogens with zero attached hydrogens (tertiary/aromatic N) is 1. The number of carbonyl (C=O) groups is 1. The van der Waals surface area contributed by atoms with Gasteiger partial charge in [-0.2, -0.15) is 0 Å². The van der Waals surface area contributed by atoms with Gasteiger partial charge < -0.3 is 15.2 Å². The van der Waals surface area contributed by atoms with Crippen molar-refractivity contribution in [3.8, 4) is 0 Å². The maximum Gasteiger partial charge on any atom is 0.253 e. The largest absolute Gasteiger partial charge is 0.358 e. The number of para-hydroxylation sites is 1. The summed E-state index contributed by atoms with van der Waals surface area (Å²) in [6.45, 7) is 5.16. The molecular weight excluding hydrogens is 334 g/mol. The molecule has 0 aliphatic carbocycles. The Balaban J connectivity index is 1.31. The number of aromatic amines is 1. The number of hydrogen-bond acceptors (Lipinski definition) is 2. The molecule has 2 aromatic carbocycles. The van der Waals surface area contributed by atoms with E-state index in [-0.39, 0.29) is 11.9 Å². The Hall–Kier alpha value is -2.59. The fourth-order valence-corrected chi connectivity index (χ4v) is 4.06. The van der Waals surface area contributed by atoms with Crippen LogP contribution in [0.25, 0.3) is 10.9 Å². The molecule has 4 nitrogen and oxygen atoms in total. The Morgan fingerprint density at radius 3 is 2.56 bits per heavy atom. The van der Waals surface area contributed by atoms with Gasteiger partial charge in [-0.1, -0.05) is 48.5 Å². The summed E-state index contributed by atoms with van der Waals surface area (Å²) in [5.74, 6) is 0.0488. The molecule has 3 aromatic rings. The molecule has 1 aliphatic heterocycles. The average molecular weight is 361 g/mol. The van der Waals surface area contributed by atoms with Crippen molar-refractivity contribution in [2.75, 3.05) is 19.6 Å². The van der Waals surface area contributed by atoms with Crippen LogP contribution in [0.1, 0.15) is 34.5 Å². The first-order chi connectivity index (χ1) is 13.2. The normalized spacial score (nSPS) is 15.9. The molecule has 0 saturated carbocycles. The van der Waals surface area contributed by atoms with Gasteiger partial charge in [0, 0.05) is 42.3 Å². The lowest BCUT2D eigenvalue weighted by molar-refractivity contribution is 0.0912. The average Bonchev–Trinajstić information content (AvgIpc) is 3.04. The molecule has 1 aliphatic rings. The van der Waals surface area contributed by atoms with Crippen molar-refractivity contribution in [1.82, 2.24) is 15.2 Å². The van der Waals surface area contributed by atoms with Gasteiger partial charge in [-0.3, -0.25) is 4.79 Å². The fourth-order valence-electron chi connectivity index (χ4n) is 4.06. The van der Waals surface area contributed by atoms with Crippen LogP contribution in [0.5, 0.6) is 0 Å². The minimum Gasteiger partial charge on any atom is -0.358 e. The Bertz CT molecular complexity index is 908. The predicted octanol–water partition coefficient (Wildman–Crippen LogP) is 3.91. The van der Waals surface area contributed by atoms with Crippen LogP contribution >= 0.6 is 0 Å². The number of H-pyrrole nitrogens is 1. The van der Waals surface area contributed by atoms with Gasteiger partial charge in [-0.15, -0.1) is 0 Å². The van der Waals surface area contributed by atoms with E-state index < -0.39 is 0 Å². The molecule has 0 radical (unpaired) electrons. The molecular formula is C23H27N3O. The van der Waals surface area contributed by atoms with E-state index in [0.717, 1.165) is 61.1 Å². The first-order valence-electron chi connectivity index (χ1n) is 9.85. The standard InChI is InChI=1S/C23H27N3O/c1-17-22(20-9-5-6-10-21(20)24-17)23(27)25-19-12-15-26(16-13-19)14-11-18-7-3-2-4-8-18/h2-10,19,24H,11-16H2,1H3,(H,25,27). The number of rotatable bonds is 5. The topological polar surface area (TPSA) is 48.1 Å². The van der Waals surface area contributed by atoms with Gasteiger partial charge in [0.1, 0.15) is 0 Å². The summed E-state index contributed by atoms with van der Waals surface area (Å²) in [4.78, 5) is 18.7. The number of benzene rings is 2. The van der Waals surface area contributed by atoms with E-state index in [0.29, 0.717) is 0 Å². The first kappa shape index (κ1) is 17.8. The minimum absolute atomic E-state index is 0.0488. The number of aryl methyl sites for hydroxylation is 1. The van der Waals surface area contributed by atoms with Crippen molar-refractivity contribution in [3.63, 3.8) is 0 Å². The van der Waals surface area contributed by atoms with E-state index >= 15 is 0 Å². The van der Waals surface area contributed by atoms with Crippen LogP contribution in [0, 0.1) is 6.92 Å². The molecule has 27 heavy (non-hydrogen) atoms. The van der Waals surface area contributed by atoms with Crippen LogP contribution in [0.2, 0.25) is 0 Å². The third kappa shape index (κ3) is 4.06. The molecule has 0 spiro atoms. The molecule has 1 saturated heterocycles. The molecule has 1 amide bonds. The molecule has 2 heterocycles. The number of piperidine rings is 1. The zero-order valence-electron chi connectivity index (χ0n) is 15.9. The lowest BCUT2D eigenvalue weighted by Gasteiger charge is -2.32. The molecule has 1 aromatic heterocycles. The number of fused-ring (bicyclic) bond motifs is 1. The highest BCUT2D eigenvalue weighted by Gasteiger charge is 2.23. The number of nitrogens with one attached hydrogen (secondary N) is 2. The number of aromatic nitrogens is 1. The van der Waals surface area contributed by atoms with E-state index in [9.17, 15) is 4.79 Å². The van der Waals surface area contributed by atoms with Gasteiger partial charge in [0.2, 0.25) is 0 Å². The highest BCUT2D eigenvalue weighted by Crippen LogP contribution is 2.22. The highest BCUT2D eigenvalue weighted by molar-refractivity contribution is 6.08. The van der Waals surface area contributed by atoms with E-state index in [1.165, 1.54) is 5.56 Å². The van der Waals surface area contributed by atoms with Gasteiger partial charge in [-0.25, -0.2) is 0 Å². The molecule has 4 rings (SSSR count). The zero-order chi connectivity index (χ0) is 18.6. The molecule has 0 unspecified atom stereocenters. The second-order valence-corrected chi connectivity index (χ2v) is 7.50. The van der Waals surface area contributed by atoms with Crippen LogP contribution in [-0.4, -0.2) is 41.5 Å². The number of amides is 1. The van der Waals surface area contributed by atoms with Gasteiger partial charge in [0.05, 0.1) is 5.56 Å². The van der Waals surface area contributed by atoms with Crippen molar-refractivity contribution in [1.29, 1.82) is 0 Å². The van der Waals surface area contributed by atoms with Crippen LogP contribution in [0.3, 0.4) is 0 Å². The Labute approximate surface area is 160 Å². The SMILES string of the molecule is Cc1[nH]c2ccccc2c1C(=O)NC1CCN(CCc2ccccc2)CC1. The van der Waals surface area contributed by atoms with Gasteiger partial charge in [-0.05, 0) is 37.8 Å². The summed E-state index contributed by atoms with van der Waals surface area (Å²) in [5.41, 5.74) is 4.14. The monoisotopic (exact) mass is 361 g/mol. The van der Waals surface area contributed by atoms with E-state index in [1.807, 2.05) is 31.2 Å². The summed E-state index contributed by atoms with van der Waals surface area (Å²) < 4.78 is 0. The van der Waals surface area contributed by atoms with Crippen LogP contribution in [0.15, 0.2) is 54.6 Å². The highest BCUT2D eigenvalue weighted by atomic mass is 16.1. The van der Waals surface area contributed by atoms with E-state index in [1.54, 1.807) is 0 Å². The van der Waals surface area contributed by atoms with Crippen LogP contribution in [0.4, 0.5) is 0 Å².